The van der Waals surface area contributed by atoms with Crippen molar-refractivity contribution in [1.29, 1.82) is 0 Å². The maximum Gasteiger partial charge on any atom is 0.0362 e. The van der Waals surface area contributed by atoms with Gasteiger partial charge in [-0.1, -0.05) is 53.4 Å². The quantitative estimate of drug-likeness (QED) is 0.739. The normalized spacial score (nSPS) is 21.4. The first-order valence-corrected chi connectivity index (χ1v) is 7.66. The predicted molar refractivity (Wildman–Crippen MR) is 76.2 cm³/mol. The second kappa shape index (κ2) is 6.75. The van der Waals surface area contributed by atoms with E-state index in [9.17, 15) is 0 Å². The van der Waals surface area contributed by atoms with Crippen LogP contribution in [-0.2, 0) is 0 Å². The molecule has 1 aliphatic rings. The zero-order valence-electron chi connectivity index (χ0n) is 12.3. The molecule has 0 spiro atoms. The van der Waals surface area contributed by atoms with Gasteiger partial charge in [-0.25, -0.2) is 0 Å². The summed E-state index contributed by atoms with van der Waals surface area (Å²) < 4.78 is 0. The first kappa shape index (κ1) is 15.0. The maximum absolute atomic E-state index is 6.69. The monoisotopic (exact) mass is 240 g/mol. The van der Waals surface area contributed by atoms with Crippen molar-refractivity contribution in [3.8, 4) is 0 Å². The lowest BCUT2D eigenvalue weighted by atomic mass is 9.77. The fourth-order valence-electron chi connectivity index (χ4n) is 3.94. The van der Waals surface area contributed by atoms with Crippen LogP contribution in [0.25, 0.3) is 0 Å². The van der Waals surface area contributed by atoms with Crippen LogP contribution in [-0.4, -0.2) is 29.6 Å². The summed E-state index contributed by atoms with van der Waals surface area (Å²) >= 11 is 0. The van der Waals surface area contributed by atoms with Crippen LogP contribution in [0.2, 0.25) is 0 Å². The van der Waals surface area contributed by atoms with Crippen LogP contribution in [0.1, 0.15) is 66.2 Å². The third-order valence-electron chi connectivity index (χ3n) is 5.04. The van der Waals surface area contributed by atoms with Gasteiger partial charge in [0.1, 0.15) is 0 Å². The Morgan fingerprint density at radius 1 is 1.00 bits per heavy atom. The lowest BCUT2D eigenvalue weighted by Gasteiger charge is -2.47. The van der Waals surface area contributed by atoms with E-state index >= 15 is 0 Å². The van der Waals surface area contributed by atoms with Gasteiger partial charge in [-0.05, 0) is 31.8 Å². The molecular weight excluding hydrogens is 208 g/mol. The topological polar surface area (TPSA) is 29.3 Å². The highest BCUT2D eigenvalue weighted by molar-refractivity contribution is 5.03. The van der Waals surface area contributed by atoms with Crippen molar-refractivity contribution in [2.45, 2.75) is 77.8 Å². The molecule has 0 aromatic carbocycles. The predicted octanol–water partition coefficient (Wildman–Crippen LogP) is 3.40. The maximum atomic E-state index is 6.69. The third-order valence-corrected chi connectivity index (χ3v) is 5.04. The molecule has 0 aromatic rings. The molecule has 2 heteroatoms. The Bertz CT molecular complexity index is 201. The highest BCUT2D eigenvalue weighted by Gasteiger charge is 2.45. The Kier molecular flexibility index (Phi) is 5.94. The number of hydrogen-bond donors (Lipinski definition) is 1. The van der Waals surface area contributed by atoms with Crippen molar-refractivity contribution in [3.63, 3.8) is 0 Å². The summed E-state index contributed by atoms with van der Waals surface area (Å²) in [6, 6.07) is 0.361. The molecule has 0 aliphatic heterocycles. The molecule has 0 aromatic heterocycles. The zero-order chi connectivity index (χ0) is 12.9. The molecule has 1 fully saturated rings. The first-order valence-electron chi connectivity index (χ1n) is 7.66. The third kappa shape index (κ3) is 2.85. The molecule has 0 saturated heterocycles. The fraction of sp³-hybridized carbons (Fsp3) is 1.00. The molecule has 1 rings (SSSR count). The summed E-state index contributed by atoms with van der Waals surface area (Å²) in [5.41, 5.74) is 7.00. The summed E-state index contributed by atoms with van der Waals surface area (Å²) in [7, 11) is 0. The van der Waals surface area contributed by atoms with Crippen LogP contribution in [0, 0.1) is 5.92 Å². The van der Waals surface area contributed by atoms with E-state index in [4.69, 9.17) is 5.73 Å². The average Bonchev–Trinajstić information content (AvgIpc) is 2.82. The van der Waals surface area contributed by atoms with Gasteiger partial charge in [0.25, 0.3) is 0 Å². The molecule has 102 valence electrons. The van der Waals surface area contributed by atoms with Gasteiger partial charge in [0.2, 0.25) is 0 Å². The average molecular weight is 240 g/mol. The highest BCUT2D eigenvalue weighted by Crippen LogP contribution is 2.40. The second-order valence-corrected chi connectivity index (χ2v) is 5.59. The van der Waals surface area contributed by atoms with Crippen LogP contribution in [0.3, 0.4) is 0 Å². The van der Waals surface area contributed by atoms with E-state index in [1.165, 1.54) is 38.5 Å². The Hall–Kier alpha value is -0.0800. The smallest absolute Gasteiger partial charge is 0.0362 e. The van der Waals surface area contributed by atoms with E-state index in [0.29, 0.717) is 17.5 Å². The van der Waals surface area contributed by atoms with Gasteiger partial charge in [0.05, 0.1) is 0 Å². The van der Waals surface area contributed by atoms with Gasteiger partial charge < -0.3 is 5.73 Å². The van der Waals surface area contributed by atoms with Gasteiger partial charge >= 0.3 is 0 Å². The van der Waals surface area contributed by atoms with Crippen LogP contribution in [0.15, 0.2) is 0 Å². The standard InChI is InChI=1S/C15H32N2/c1-5-13(6-2)14(16)15(11-9-10-12-15)17(7-3)8-4/h13-14H,5-12,16H2,1-4H3. The zero-order valence-corrected chi connectivity index (χ0v) is 12.3. The van der Waals surface area contributed by atoms with E-state index in [0.717, 1.165) is 13.1 Å². The van der Waals surface area contributed by atoms with Crippen molar-refractivity contribution in [3.05, 3.63) is 0 Å². The molecule has 2 nitrogen and oxygen atoms in total. The largest absolute Gasteiger partial charge is 0.326 e. The van der Waals surface area contributed by atoms with Crippen molar-refractivity contribution >= 4 is 0 Å². The van der Waals surface area contributed by atoms with Gasteiger partial charge in [-0.15, -0.1) is 0 Å². The van der Waals surface area contributed by atoms with Crippen LogP contribution in [0.5, 0.6) is 0 Å². The Morgan fingerprint density at radius 2 is 1.47 bits per heavy atom. The van der Waals surface area contributed by atoms with Crippen molar-refractivity contribution < 1.29 is 0 Å². The van der Waals surface area contributed by atoms with Gasteiger partial charge in [-0.3, -0.25) is 4.90 Å². The first-order chi connectivity index (χ1) is 8.16. The minimum Gasteiger partial charge on any atom is -0.326 e. The van der Waals surface area contributed by atoms with Gasteiger partial charge in [0.15, 0.2) is 0 Å². The number of nitrogens with two attached hydrogens (primary N) is 1. The summed E-state index contributed by atoms with van der Waals surface area (Å²) in [5, 5.41) is 0. The lowest BCUT2D eigenvalue weighted by Crippen LogP contribution is -2.60. The van der Waals surface area contributed by atoms with Crippen LogP contribution in [0.4, 0.5) is 0 Å². The molecule has 2 N–H and O–H groups in total. The van der Waals surface area contributed by atoms with E-state index in [1.54, 1.807) is 0 Å². The van der Waals surface area contributed by atoms with E-state index in [2.05, 4.69) is 32.6 Å². The van der Waals surface area contributed by atoms with E-state index in [-0.39, 0.29) is 0 Å². The molecule has 1 atom stereocenters. The Morgan fingerprint density at radius 3 is 1.82 bits per heavy atom. The summed E-state index contributed by atoms with van der Waals surface area (Å²) in [6.07, 6.45) is 7.80. The fourth-order valence-corrected chi connectivity index (χ4v) is 3.94. The molecule has 1 aliphatic carbocycles. The van der Waals surface area contributed by atoms with E-state index < -0.39 is 0 Å². The molecule has 0 radical (unpaired) electrons. The molecule has 0 heterocycles. The number of nitrogens with zero attached hydrogens (tertiary/aromatic N) is 1. The molecule has 0 bridgehead atoms. The lowest BCUT2D eigenvalue weighted by molar-refractivity contribution is 0.0533. The minimum absolute atomic E-state index is 0.306. The Balaban J connectivity index is 2.90. The van der Waals surface area contributed by atoms with Crippen molar-refractivity contribution in [1.82, 2.24) is 4.90 Å². The summed E-state index contributed by atoms with van der Waals surface area (Å²) in [4.78, 5) is 2.64. The highest BCUT2D eigenvalue weighted by atomic mass is 15.2. The van der Waals surface area contributed by atoms with Crippen LogP contribution < -0.4 is 5.73 Å². The van der Waals surface area contributed by atoms with Crippen molar-refractivity contribution in [2.75, 3.05) is 13.1 Å². The second-order valence-electron chi connectivity index (χ2n) is 5.59. The van der Waals surface area contributed by atoms with Crippen LogP contribution >= 0.6 is 0 Å². The number of likely N-dealkylation sites (N-methyl/N-ethyl adjacent to an activating group) is 1. The summed E-state index contributed by atoms with van der Waals surface area (Å²) in [6.45, 7) is 11.4. The van der Waals surface area contributed by atoms with Gasteiger partial charge in [-0.2, -0.15) is 0 Å². The molecular formula is C15H32N2. The SMILES string of the molecule is CCC(CC)C(N)C1(N(CC)CC)CCCC1. The summed E-state index contributed by atoms with van der Waals surface area (Å²) in [5.74, 6) is 0.689. The minimum atomic E-state index is 0.306. The molecule has 1 unspecified atom stereocenters. The number of rotatable bonds is 7. The number of hydrogen-bond acceptors (Lipinski definition) is 2. The van der Waals surface area contributed by atoms with E-state index in [1.807, 2.05) is 0 Å². The molecule has 0 amide bonds. The Labute approximate surface area is 108 Å². The molecule has 1 saturated carbocycles. The molecule has 17 heavy (non-hydrogen) atoms. The van der Waals surface area contributed by atoms with Gasteiger partial charge in [0, 0.05) is 11.6 Å². The van der Waals surface area contributed by atoms with Crippen molar-refractivity contribution in [2.24, 2.45) is 11.7 Å².